The van der Waals surface area contributed by atoms with E-state index in [0.717, 1.165) is 18.4 Å². The number of rotatable bonds is 2. The molecule has 0 radical (unpaired) electrons. The first kappa shape index (κ1) is 9.34. The molecule has 1 atom stereocenters. The molecule has 3 heteroatoms. The van der Waals surface area contributed by atoms with Crippen LogP contribution in [-0.4, -0.2) is 21.4 Å². The molecular formula is C11H14O3. The molecule has 0 saturated heterocycles. The Morgan fingerprint density at radius 3 is 2.29 bits per heavy atom. The van der Waals surface area contributed by atoms with Crippen LogP contribution in [0.4, 0.5) is 0 Å². The summed E-state index contributed by atoms with van der Waals surface area (Å²) in [5, 5.41) is 28.1. The Kier molecular flexibility index (Phi) is 1.93. The van der Waals surface area contributed by atoms with Gasteiger partial charge in [0.15, 0.2) is 11.5 Å². The summed E-state index contributed by atoms with van der Waals surface area (Å²) in [7, 11) is 0. The summed E-state index contributed by atoms with van der Waals surface area (Å²) in [4.78, 5) is 0. The summed E-state index contributed by atoms with van der Waals surface area (Å²) in [5.41, 5.74) is 0.716. The lowest BCUT2D eigenvalue weighted by molar-refractivity contribution is 0.150. The molecule has 0 aromatic heterocycles. The number of phenols is 2. The predicted octanol–water partition coefficient (Wildman–Crippen LogP) is 1.51. The molecule has 3 N–H and O–H groups in total. The monoisotopic (exact) mass is 194 g/mol. The minimum atomic E-state index is -0.411. The first-order valence-electron chi connectivity index (χ1n) is 4.77. The van der Waals surface area contributed by atoms with Crippen molar-refractivity contribution in [2.24, 2.45) is 0 Å². The highest BCUT2D eigenvalue weighted by molar-refractivity contribution is 5.45. The van der Waals surface area contributed by atoms with E-state index in [2.05, 4.69) is 0 Å². The molecule has 1 saturated carbocycles. The third kappa shape index (κ3) is 1.24. The zero-order chi connectivity index (χ0) is 10.3. The van der Waals surface area contributed by atoms with Crippen LogP contribution in [0.15, 0.2) is 18.2 Å². The van der Waals surface area contributed by atoms with Gasteiger partial charge in [-0.3, -0.25) is 0 Å². The van der Waals surface area contributed by atoms with Crippen LogP contribution in [0, 0.1) is 0 Å². The van der Waals surface area contributed by atoms with Crippen molar-refractivity contribution in [1.82, 2.24) is 0 Å². The molecule has 0 aliphatic heterocycles. The van der Waals surface area contributed by atoms with Crippen molar-refractivity contribution in [3.8, 4) is 11.5 Å². The smallest absolute Gasteiger partial charge is 0.157 e. The van der Waals surface area contributed by atoms with Crippen LogP contribution in [0.2, 0.25) is 0 Å². The van der Waals surface area contributed by atoms with Crippen LogP contribution in [0.1, 0.15) is 25.3 Å². The maximum atomic E-state index is 9.61. The van der Waals surface area contributed by atoms with Crippen molar-refractivity contribution in [2.45, 2.75) is 31.3 Å². The Balaban J connectivity index is 2.38. The van der Waals surface area contributed by atoms with Gasteiger partial charge in [-0.2, -0.15) is 0 Å². The third-order valence-electron chi connectivity index (χ3n) is 3.14. The Hall–Kier alpha value is -1.22. The van der Waals surface area contributed by atoms with Gasteiger partial charge in [0.05, 0.1) is 6.10 Å². The number of aliphatic hydroxyl groups excluding tert-OH is 1. The minimum absolute atomic E-state index is 0.116. The minimum Gasteiger partial charge on any atom is -0.504 e. The molecule has 1 unspecified atom stereocenters. The van der Waals surface area contributed by atoms with E-state index in [0.29, 0.717) is 0 Å². The fourth-order valence-electron chi connectivity index (χ4n) is 1.92. The van der Waals surface area contributed by atoms with Crippen LogP contribution in [0.5, 0.6) is 11.5 Å². The first-order chi connectivity index (χ1) is 6.56. The average Bonchev–Trinajstić information content (AvgIpc) is 2.90. The molecule has 76 valence electrons. The van der Waals surface area contributed by atoms with Crippen LogP contribution < -0.4 is 0 Å². The van der Waals surface area contributed by atoms with Gasteiger partial charge in [-0.05, 0) is 37.5 Å². The molecule has 0 amide bonds. The average molecular weight is 194 g/mol. The maximum absolute atomic E-state index is 9.61. The van der Waals surface area contributed by atoms with E-state index >= 15 is 0 Å². The molecule has 1 aromatic rings. The van der Waals surface area contributed by atoms with Gasteiger partial charge in [0.2, 0.25) is 0 Å². The molecule has 1 aromatic carbocycles. The Bertz CT molecular complexity index is 354. The summed E-state index contributed by atoms with van der Waals surface area (Å²) >= 11 is 0. The molecule has 1 aliphatic carbocycles. The number of aliphatic hydroxyl groups is 1. The Morgan fingerprint density at radius 1 is 1.21 bits per heavy atom. The fourth-order valence-corrected chi connectivity index (χ4v) is 1.92. The number of benzene rings is 1. The molecule has 2 rings (SSSR count). The van der Waals surface area contributed by atoms with Crippen molar-refractivity contribution < 1.29 is 15.3 Å². The van der Waals surface area contributed by atoms with E-state index in [1.165, 1.54) is 12.1 Å². The molecular weight excluding hydrogens is 180 g/mol. The van der Waals surface area contributed by atoms with E-state index in [9.17, 15) is 10.2 Å². The Labute approximate surface area is 82.6 Å². The second-order valence-corrected chi connectivity index (χ2v) is 4.04. The van der Waals surface area contributed by atoms with E-state index in [4.69, 9.17) is 5.11 Å². The van der Waals surface area contributed by atoms with Crippen LogP contribution >= 0.6 is 0 Å². The number of aromatic hydroxyl groups is 2. The van der Waals surface area contributed by atoms with Gasteiger partial charge in [0.25, 0.3) is 0 Å². The lowest BCUT2D eigenvalue weighted by atomic mass is 9.91. The van der Waals surface area contributed by atoms with E-state index < -0.39 is 6.10 Å². The summed E-state index contributed by atoms with van der Waals surface area (Å²) < 4.78 is 0. The molecule has 0 bridgehead atoms. The lowest BCUT2D eigenvalue weighted by Gasteiger charge is -2.19. The van der Waals surface area contributed by atoms with Gasteiger partial charge in [0.1, 0.15) is 0 Å². The first-order valence-corrected chi connectivity index (χ1v) is 4.77. The zero-order valence-corrected chi connectivity index (χ0v) is 8.07. The predicted molar refractivity (Wildman–Crippen MR) is 52.4 cm³/mol. The molecule has 3 nitrogen and oxygen atoms in total. The number of phenolic OH excluding ortho intramolecular Hbond substituents is 2. The molecule has 0 heterocycles. The molecule has 1 aliphatic rings. The van der Waals surface area contributed by atoms with Crippen molar-refractivity contribution in [3.63, 3.8) is 0 Å². The topological polar surface area (TPSA) is 60.7 Å². The SMILES string of the molecule is CC(O)C1(c2ccc(O)c(O)c2)CC1. The van der Waals surface area contributed by atoms with Gasteiger partial charge in [-0.1, -0.05) is 6.07 Å². The summed E-state index contributed by atoms with van der Waals surface area (Å²) in [6.45, 7) is 1.76. The van der Waals surface area contributed by atoms with Crippen molar-refractivity contribution in [3.05, 3.63) is 23.8 Å². The van der Waals surface area contributed by atoms with Gasteiger partial charge in [-0.25, -0.2) is 0 Å². The molecule has 14 heavy (non-hydrogen) atoms. The number of hydrogen-bond donors (Lipinski definition) is 3. The van der Waals surface area contributed by atoms with Gasteiger partial charge >= 0.3 is 0 Å². The van der Waals surface area contributed by atoms with E-state index in [1.807, 2.05) is 0 Å². The van der Waals surface area contributed by atoms with Crippen molar-refractivity contribution in [2.75, 3.05) is 0 Å². The van der Waals surface area contributed by atoms with Crippen molar-refractivity contribution in [1.29, 1.82) is 0 Å². The van der Waals surface area contributed by atoms with Gasteiger partial charge in [-0.15, -0.1) is 0 Å². The van der Waals surface area contributed by atoms with Gasteiger partial charge in [0, 0.05) is 5.41 Å². The van der Waals surface area contributed by atoms with E-state index in [-0.39, 0.29) is 16.9 Å². The standard InChI is InChI=1S/C11H14O3/c1-7(12)11(4-5-11)8-2-3-9(13)10(14)6-8/h2-3,6-7,12-14H,4-5H2,1H3. The second-order valence-electron chi connectivity index (χ2n) is 4.04. The maximum Gasteiger partial charge on any atom is 0.157 e. The summed E-state index contributed by atoms with van der Waals surface area (Å²) in [6.07, 6.45) is 1.47. The zero-order valence-electron chi connectivity index (χ0n) is 8.07. The molecule has 0 spiro atoms. The second kappa shape index (κ2) is 2.89. The summed E-state index contributed by atoms with van der Waals surface area (Å²) in [5.74, 6) is -0.232. The van der Waals surface area contributed by atoms with Crippen LogP contribution in [0.25, 0.3) is 0 Å². The van der Waals surface area contributed by atoms with E-state index in [1.54, 1.807) is 13.0 Å². The van der Waals surface area contributed by atoms with Crippen LogP contribution in [0.3, 0.4) is 0 Å². The molecule has 1 fully saturated rings. The van der Waals surface area contributed by atoms with Crippen LogP contribution in [-0.2, 0) is 5.41 Å². The highest BCUT2D eigenvalue weighted by Gasteiger charge is 2.48. The Morgan fingerprint density at radius 2 is 1.86 bits per heavy atom. The third-order valence-corrected chi connectivity index (χ3v) is 3.14. The van der Waals surface area contributed by atoms with Crippen molar-refractivity contribution >= 4 is 0 Å². The summed E-state index contributed by atoms with van der Waals surface area (Å²) in [6, 6.07) is 4.76. The largest absolute Gasteiger partial charge is 0.504 e. The number of hydrogen-bond acceptors (Lipinski definition) is 3. The lowest BCUT2D eigenvalue weighted by Crippen LogP contribution is -2.22. The van der Waals surface area contributed by atoms with Gasteiger partial charge < -0.3 is 15.3 Å². The highest BCUT2D eigenvalue weighted by atomic mass is 16.3. The highest BCUT2D eigenvalue weighted by Crippen LogP contribution is 2.52. The fraction of sp³-hybridized carbons (Fsp3) is 0.455. The quantitative estimate of drug-likeness (QED) is 0.625. The normalized spacial score (nSPS) is 20.4.